The molecule has 2 rings (SSSR count). The minimum Gasteiger partial charge on any atom is -1.00 e. The number of thioether (sulfide) groups is 1. The Balaban J connectivity index is 0. The molecule has 21 heavy (non-hydrogen) atoms. The second-order valence-electron chi connectivity index (χ2n) is 5.56. The first kappa shape index (κ1) is 23.9. The molecule has 0 saturated carbocycles. The Hall–Kier alpha value is 0.604. The summed E-state index contributed by atoms with van der Waals surface area (Å²) in [6.07, 6.45) is 16.9. The van der Waals surface area contributed by atoms with Gasteiger partial charge < -0.3 is 24.8 Å². The van der Waals surface area contributed by atoms with Gasteiger partial charge in [-0.1, -0.05) is 44.6 Å². The zero-order valence-electron chi connectivity index (χ0n) is 13.2. The molecule has 0 bridgehead atoms. The largest absolute Gasteiger partial charge is 3.00 e. The third-order valence-corrected chi connectivity index (χ3v) is 6.07. The van der Waals surface area contributed by atoms with E-state index in [0.29, 0.717) is 0 Å². The Morgan fingerprint density at radius 3 is 2.43 bits per heavy atom. The van der Waals surface area contributed by atoms with E-state index >= 15 is 0 Å². The van der Waals surface area contributed by atoms with Crippen molar-refractivity contribution in [3.8, 4) is 0 Å². The second-order valence-corrected chi connectivity index (χ2v) is 7.13. The van der Waals surface area contributed by atoms with Gasteiger partial charge in [0.25, 0.3) is 0 Å². The van der Waals surface area contributed by atoms with Crippen LogP contribution in [0.5, 0.6) is 0 Å². The molecule has 0 aromatic heterocycles. The first-order valence-corrected chi connectivity index (χ1v) is 7.79. The maximum atomic E-state index is 3.54. The number of halogens is 2. The van der Waals surface area contributed by atoms with Crippen molar-refractivity contribution in [2.45, 2.75) is 45.3 Å². The number of allylic oxidation sites excluding steroid dienone is 7. The third-order valence-electron chi connectivity index (χ3n) is 4.29. The van der Waals surface area contributed by atoms with Crippen molar-refractivity contribution in [3.63, 3.8) is 0 Å². The molecule has 1 radical (unpaired) electrons. The van der Waals surface area contributed by atoms with Gasteiger partial charge in [0.1, 0.15) is 0 Å². The number of rotatable bonds is 4. The van der Waals surface area contributed by atoms with E-state index in [2.05, 4.69) is 75.9 Å². The van der Waals surface area contributed by atoms with Gasteiger partial charge in [0.05, 0.1) is 0 Å². The molecular formula is C17H23Cl2STi. The van der Waals surface area contributed by atoms with Crippen LogP contribution in [0.3, 0.4) is 0 Å². The van der Waals surface area contributed by atoms with E-state index < -0.39 is 0 Å². The van der Waals surface area contributed by atoms with Crippen molar-refractivity contribution in [1.29, 1.82) is 0 Å². The van der Waals surface area contributed by atoms with E-state index in [9.17, 15) is 0 Å². The smallest absolute Gasteiger partial charge is 1.00 e. The van der Waals surface area contributed by atoms with Crippen LogP contribution >= 0.6 is 11.8 Å². The van der Waals surface area contributed by atoms with Crippen molar-refractivity contribution >= 4 is 11.8 Å². The minimum atomic E-state index is 0. The summed E-state index contributed by atoms with van der Waals surface area (Å²) in [6, 6.07) is 0. The molecule has 0 aliphatic heterocycles. The summed E-state index contributed by atoms with van der Waals surface area (Å²) in [6.45, 7) is 9.30. The number of hydrogen-bond donors (Lipinski definition) is 0. The fourth-order valence-corrected chi connectivity index (χ4v) is 4.61. The second kappa shape index (κ2) is 9.68. The molecule has 0 amide bonds. The molecule has 2 aliphatic carbocycles. The maximum Gasteiger partial charge on any atom is 3.00 e. The normalized spacial score (nSPS) is 23.4. The molecule has 0 saturated heterocycles. The minimum absolute atomic E-state index is 0. The van der Waals surface area contributed by atoms with Gasteiger partial charge in [-0.05, 0) is 24.5 Å². The molecule has 0 aromatic rings. The topological polar surface area (TPSA) is 0 Å². The predicted molar refractivity (Wildman–Crippen MR) is 82.7 cm³/mol. The van der Waals surface area contributed by atoms with Crippen molar-refractivity contribution in [2.75, 3.05) is 5.75 Å². The van der Waals surface area contributed by atoms with Crippen LogP contribution in [0.4, 0.5) is 0 Å². The fraction of sp³-hybridized carbons (Fsp3) is 0.529. The van der Waals surface area contributed by atoms with Crippen molar-refractivity contribution in [2.24, 2.45) is 5.41 Å². The van der Waals surface area contributed by atoms with Crippen LogP contribution in [0.1, 0.15) is 40.5 Å². The summed E-state index contributed by atoms with van der Waals surface area (Å²) in [5, 5.41) is 0. The average Bonchev–Trinajstić information content (AvgIpc) is 2.86. The van der Waals surface area contributed by atoms with E-state index in [1.54, 1.807) is 0 Å². The Kier molecular flexibility index (Phi) is 11.0. The van der Waals surface area contributed by atoms with Gasteiger partial charge in [-0.25, -0.2) is 11.6 Å². The zero-order chi connectivity index (χ0) is 13.2. The summed E-state index contributed by atoms with van der Waals surface area (Å²) >= 11 is 2.09. The summed E-state index contributed by atoms with van der Waals surface area (Å²) in [5.41, 5.74) is 3.01. The van der Waals surface area contributed by atoms with Gasteiger partial charge in [0.15, 0.2) is 0 Å². The average molecular weight is 378 g/mol. The van der Waals surface area contributed by atoms with Gasteiger partial charge in [0, 0.05) is 4.75 Å². The van der Waals surface area contributed by atoms with Crippen molar-refractivity contribution in [3.05, 3.63) is 47.6 Å². The van der Waals surface area contributed by atoms with Gasteiger partial charge in [-0.2, -0.15) is 6.08 Å². The standard InChI is InChI=1S/C17H23S.2ClH.Ti/c1-5-18-17(13-9-8-10-14(17)2)16(3,4)15-11-6-7-12-15;;;/h6,8-11H,5,7,13H2,1-4H3;2*1H;/q-1;;;+3/p-2. The van der Waals surface area contributed by atoms with Crippen molar-refractivity contribution in [1.82, 2.24) is 0 Å². The van der Waals surface area contributed by atoms with E-state index in [0.717, 1.165) is 18.6 Å². The van der Waals surface area contributed by atoms with Crippen LogP contribution in [0.2, 0.25) is 0 Å². The van der Waals surface area contributed by atoms with Crippen LogP contribution in [0.25, 0.3) is 0 Å². The molecule has 0 N–H and O–H groups in total. The van der Waals surface area contributed by atoms with Gasteiger partial charge in [-0.3, -0.25) is 6.08 Å². The molecule has 0 nitrogen and oxygen atoms in total. The molecule has 1 unspecified atom stereocenters. The molecule has 1 atom stereocenters. The van der Waals surface area contributed by atoms with E-state index in [-0.39, 0.29) is 56.7 Å². The third kappa shape index (κ3) is 4.33. The van der Waals surface area contributed by atoms with Crippen LogP contribution in [-0.4, -0.2) is 10.5 Å². The van der Waals surface area contributed by atoms with Crippen LogP contribution in [0.15, 0.2) is 41.5 Å². The Labute approximate surface area is 161 Å². The molecule has 2 aliphatic rings. The Morgan fingerprint density at radius 2 is 1.95 bits per heavy atom. The monoisotopic (exact) mass is 377 g/mol. The molecule has 0 aromatic carbocycles. The number of hydrogen-bond acceptors (Lipinski definition) is 1. The van der Waals surface area contributed by atoms with Crippen LogP contribution in [0, 0.1) is 11.5 Å². The Morgan fingerprint density at radius 1 is 1.29 bits per heavy atom. The molecule has 0 heterocycles. The SMILES string of the molecule is CCSC1(C(C)(C)C2=[C-]CC=C2)CC=CC=C1C.[Cl-].[Cl-].[Ti+3]. The van der Waals surface area contributed by atoms with Gasteiger partial charge in [-0.15, -0.1) is 18.2 Å². The van der Waals surface area contributed by atoms with Gasteiger partial charge >= 0.3 is 21.7 Å². The van der Waals surface area contributed by atoms with E-state index in [1.165, 1.54) is 11.1 Å². The first-order valence-electron chi connectivity index (χ1n) is 6.80. The quantitative estimate of drug-likeness (QED) is 0.452. The fourth-order valence-electron chi connectivity index (χ4n) is 3.14. The predicted octanol–water partition coefficient (Wildman–Crippen LogP) is -0.894. The molecular weight excluding hydrogens is 355 g/mol. The summed E-state index contributed by atoms with van der Waals surface area (Å²) in [4.78, 5) is 0. The van der Waals surface area contributed by atoms with E-state index in [4.69, 9.17) is 0 Å². The summed E-state index contributed by atoms with van der Waals surface area (Å²) in [7, 11) is 0. The van der Waals surface area contributed by atoms with Gasteiger partial charge in [0.2, 0.25) is 0 Å². The van der Waals surface area contributed by atoms with Crippen LogP contribution < -0.4 is 24.8 Å². The summed E-state index contributed by atoms with van der Waals surface area (Å²) < 4.78 is 0.188. The molecule has 115 valence electrons. The molecule has 0 fully saturated rings. The maximum absolute atomic E-state index is 3.54. The summed E-state index contributed by atoms with van der Waals surface area (Å²) in [5.74, 6) is 1.15. The molecule has 4 heteroatoms. The van der Waals surface area contributed by atoms with Crippen molar-refractivity contribution < 1.29 is 46.5 Å². The zero-order valence-corrected chi connectivity index (χ0v) is 17.1. The first-order chi connectivity index (χ1) is 8.54. The van der Waals surface area contributed by atoms with Crippen LogP contribution in [-0.2, 0) is 21.7 Å². The molecule has 0 spiro atoms. The Bertz CT molecular complexity index is 450. The van der Waals surface area contributed by atoms with E-state index in [1.807, 2.05) is 0 Å².